The van der Waals surface area contributed by atoms with Gasteiger partial charge in [0.2, 0.25) is 0 Å². The number of hydrogen-bond acceptors (Lipinski definition) is 4. The maximum absolute atomic E-state index is 13.7. The highest BCUT2D eigenvalue weighted by Gasteiger charge is 2.78. The minimum Gasteiger partial charge on any atom is -0.419 e. The lowest BCUT2D eigenvalue weighted by molar-refractivity contribution is -0.243. The van der Waals surface area contributed by atoms with Crippen LogP contribution in [0.2, 0.25) is 0 Å². The van der Waals surface area contributed by atoms with Gasteiger partial charge in [-0.3, -0.25) is 4.55 Å². The van der Waals surface area contributed by atoms with Crippen molar-refractivity contribution in [2.24, 2.45) is 17.8 Å². The normalized spacial score (nSPS) is 31.4. The summed E-state index contributed by atoms with van der Waals surface area (Å²) in [5.74, 6) is -4.77. The monoisotopic (exact) mass is 476 g/mol. The Labute approximate surface area is 173 Å². The van der Waals surface area contributed by atoms with Crippen LogP contribution in [0, 0.1) is 17.8 Å². The van der Waals surface area contributed by atoms with E-state index in [0.717, 1.165) is 31.2 Å². The number of alkyl halides is 6. The minimum absolute atomic E-state index is 0.0355. The van der Waals surface area contributed by atoms with E-state index in [1.165, 1.54) is 18.6 Å². The third kappa shape index (κ3) is 3.12. The zero-order valence-corrected chi connectivity index (χ0v) is 17.0. The van der Waals surface area contributed by atoms with Gasteiger partial charge in [-0.25, -0.2) is 0 Å². The molecule has 4 aliphatic rings. The lowest BCUT2D eigenvalue weighted by Crippen LogP contribution is -2.56. The van der Waals surface area contributed by atoms with Crippen molar-refractivity contribution in [1.82, 2.24) is 0 Å². The molecule has 4 nitrogen and oxygen atoms in total. The number of rotatable bonds is 7. The molecule has 4 fully saturated rings. The Kier molecular flexibility index (Phi) is 4.91. The van der Waals surface area contributed by atoms with Crippen molar-refractivity contribution in [3.8, 4) is 5.75 Å². The van der Waals surface area contributed by atoms with Crippen molar-refractivity contribution < 1.29 is 43.5 Å². The molecule has 4 bridgehead atoms. The van der Waals surface area contributed by atoms with E-state index in [2.05, 4.69) is 4.18 Å². The van der Waals surface area contributed by atoms with Gasteiger partial charge in [-0.05, 0) is 73.0 Å². The van der Waals surface area contributed by atoms with Crippen molar-refractivity contribution >= 4 is 22.2 Å². The Morgan fingerprint density at radius 1 is 0.967 bits per heavy atom. The first-order valence-electron chi connectivity index (χ1n) is 9.26. The van der Waals surface area contributed by atoms with Crippen LogP contribution < -0.4 is 4.18 Å². The largest absolute Gasteiger partial charge is 0.439 e. The predicted octanol–water partition coefficient (Wildman–Crippen LogP) is 5.50. The van der Waals surface area contributed by atoms with Crippen molar-refractivity contribution in [2.75, 3.05) is 0 Å². The van der Waals surface area contributed by atoms with Crippen LogP contribution in [0.15, 0.2) is 24.3 Å². The fraction of sp³-hybridized carbons (Fsp3) is 0.667. The van der Waals surface area contributed by atoms with Gasteiger partial charge in [0.15, 0.2) is 0 Å². The van der Waals surface area contributed by atoms with E-state index >= 15 is 0 Å². The second-order valence-electron chi connectivity index (χ2n) is 8.47. The van der Waals surface area contributed by atoms with Gasteiger partial charge in [0.1, 0.15) is 17.8 Å². The molecular formula is C18H18F6O4S2. The fourth-order valence-corrected chi connectivity index (χ4v) is 6.66. The van der Waals surface area contributed by atoms with Gasteiger partial charge in [0, 0.05) is 0 Å². The molecule has 0 aromatic heterocycles. The first-order chi connectivity index (χ1) is 13.7. The summed E-state index contributed by atoms with van der Waals surface area (Å²) in [5, 5.41) is -12.0. The standard InChI is InChI=1S/C18H18F6O4S2/c19-16(20,18(23,24)30(25,26)27)17(21,22)29-28-14-3-1-12(2-4-14)15-8-10-5-11(9-15)7-13(15)6-10/h1-4,10-11,13H,5-9H2,(H,25,26,27). The topological polar surface area (TPSA) is 63.6 Å². The van der Waals surface area contributed by atoms with E-state index in [0.29, 0.717) is 17.8 Å². The van der Waals surface area contributed by atoms with E-state index < -0.39 is 38.6 Å². The summed E-state index contributed by atoms with van der Waals surface area (Å²) in [7, 11) is -6.78. The molecule has 0 radical (unpaired) electrons. The molecule has 5 rings (SSSR count). The van der Waals surface area contributed by atoms with Crippen LogP contribution in [0.1, 0.15) is 37.7 Å². The number of benzene rings is 1. The summed E-state index contributed by atoms with van der Waals surface area (Å²) in [6, 6.07) is 5.93. The molecule has 0 aliphatic heterocycles. The zero-order chi connectivity index (χ0) is 22.2. The smallest absolute Gasteiger partial charge is 0.419 e. The maximum Gasteiger partial charge on any atom is 0.439 e. The van der Waals surface area contributed by atoms with Crippen molar-refractivity contribution in [2.45, 2.75) is 54.0 Å². The average molecular weight is 476 g/mol. The van der Waals surface area contributed by atoms with Crippen LogP contribution >= 0.6 is 12.0 Å². The van der Waals surface area contributed by atoms with Crippen LogP contribution in [0.4, 0.5) is 26.3 Å². The highest BCUT2D eigenvalue weighted by Crippen LogP contribution is 2.66. The van der Waals surface area contributed by atoms with Gasteiger partial charge < -0.3 is 4.18 Å². The Morgan fingerprint density at radius 3 is 2.00 bits per heavy atom. The Morgan fingerprint density at radius 2 is 1.50 bits per heavy atom. The van der Waals surface area contributed by atoms with Crippen LogP contribution in [-0.2, 0) is 15.5 Å². The second-order valence-corrected chi connectivity index (χ2v) is 10.8. The lowest BCUT2D eigenvalue weighted by Gasteiger charge is -2.33. The van der Waals surface area contributed by atoms with Gasteiger partial charge in [-0.1, -0.05) is 12.1 Å². The third-order valence-electron chi connectivity index (χ3n) is 6.72. The summed E-state index contributed by atoms with van der Waals surface area (Å²) < 4.78 is 114. The summed E-state index contributed by atoms with van der Waals surface area (Å²) in [4.78, 5) is 0. The van der Waals surface area contributed by atoms with E-state index in [-0.39, 0.29) is 11.2 Å². The van der Waals surface area contributed by atoms with Gasteiger partial charge in [0.25, 0.3) is 0 Å². The average Bonchev–Trinajstić information content (AvgIpc) is 3.04. The maximum atomic E-state index is 13.7. The van der Waals surface area contributed by atoms with Crippen LogP contribution in [0.25, 0.3) is 0 Å². The van der Waals surface area contributed by atoms with Gasteiger partial charge in [0.05, 0.1) is 0 Å². The molecule has 1 aromatic rings. The Hall–Kier alpha value is -1.14. The molecular weight excluding hydrogens is 458 g/mol. The van der Waals surface area contributed by atoms with Crippen molar-refractivity contribution in [3.05, 3.63) is 29.8 Å². The number of hydrogen-bond donors (Lipinski definition) is 1. The minimum atomic E-state index is -6.78. The lowest BCUT2D eigenvalue weighted by atomic mass is 9.71. The molecule has 0 heterocycles. The van der Waals surface area contributed by atoms with Gasteiger partial charge in [-0.15, -0.1) is 0 Å². The molecule has 2 atom stereocenters. The predicted molar refractivity (Wildman–Crippen MR) is 96.3 cm³/mol. The Bertz CT molecular complexity index is 920. The van der Waals surface area contributed by atoms with E-state index in [9.17, 15) is 34.8 Å². The molecule has 0 amide bonds. The first kappa shape index (κ1) is 22.1. The summed E-state index contributed by atoms with van der Waals surface area (Å²) >= 11 is -1.29. The Balaban J connectivity index is 1.47. The summed E-state index contributed by atoms with van der Waals surface area (Å²) in [5.41, 5.74) is 1.05. The molecule has 1 aromatic carbocycles. The summed E-state index contributed by atoms with van der Waals surface area (Å²) in [6.07, 6.45) is 5.66. The molecule has 168 valence electrons. The molecule has 30 heavy (non-hydrogen) atoms. The van der Waals surface area contributed by atoms with Gasteiger partial charge >= 0.3 is 26.5 Å². The molecule has 1 N–H and O–H groups in total. The van der Waals surface area contributed by atoms with Crippen molar-refractivity contribution in [1.29, 1.82) is 0 Å². The molecule has 0 spiro atoms. The van der Waals surface area contributed by atoms with Crippen LogP contribution in [-0.4, -0.2) is 29.4 Å². The zero-order valence-electron chi connectivity index (χ0n) is 15.3. The van der Waals surface area contributed by atoms with Crippen molar-refractivity contribution in [3.63, 3.8) is 0 Å². The van der Waals surface area contributed by atoms with Crippen LogP contribution in [0.3, 0.4) is 0 Å². The summed E-state index contributed by atoms with van der Waals surface area (Å²) in [6.45, 7) is 0. The third-order valence-corrected chi connectivity index (χ3v) is 8.36. The van der Waals surface area contributed by atoms with Gasteiger partial charge in [-0.2, -0.15) is 34.8 Å². The van der Waals surface area contributed by atoms with E-state index in [4.69, 9.17) is 4.55 Å². The molecule has 4 aliphatic carbocycles. The molecule has 12 heteroatoms. The highest BCUT2D eigenvalue weighted by molar-refractivity contribution is 7.96. The second kappa shape index (κ2) is 6.68. The van der Waals surface area contributed by atoms with Crippen LogP contribution in [0.5, 0.6) is 5.75 Å². The highest BCUT2D eigenvalue weighted by atomic mass is 32.2. The first-order valence-corrected chi connectivity index (χ1v) is 11.4. The van der Waals surface area contributed by atoms with E-state index in [1.54, 1.807) is 12.1 Å². The quantitative estimate of drug-likeness (QED) is 0.320. The number of halogens is 6. The molecule has 4 saturated carbocycles. The SMILES string of the molecule is O=S(=O)(O)C(F)(F)C(F)(F)C(F)(F)SOc1ccc(C23CC4CC(CC2C4)C3)cc1. The molecule has 0 saturated heterocycles. The fourth-order valence-electron chi connectivity index (χ4n) is 5.59. The molecule has 2 unspecified atom stereocenters. The van der Waals surface area contributed by atoms with E-state index in [1.807, 2.05) is 0 Å².